The second-order valence-electron chi connectivity index (χ2n) is 7.22. The number of para-hydroxylation sites is 2. The van der Waals surface area contributed by atoms with Gasteiger partial charge in [-0.25, -0.2) is 0 Å². The summed E-state index contributed by atoms with van der Waals surface area (Å²) in [7, 11) is 1.76. The van der Waals surface area contributed by atoms with E-state index in [-0.39, 0.29) is 35.9 Å². The summed E-state index contributed by atoms with van der Waals surface area (Å²) in [5.74, 6) is 2.62. The first kappa shape index (κ1) is 24.0. The number of nitrogens with one attached hydrogen (secondary N) is 2. The van der Waals surface area contributed by atoms with Crippen LogP contribution in [-0.2, 0) is 11.3 Å². The first-order chi connectivity index (χ1) is 14.1. The highest BCUT2D eigenvalue weighted by Gasteiger charge is 2.25. The molecule has 0 saturated carbocycles. The third kappa shape index (κ3) is 6.35. The minimum Gasteiger partial charge on any atom is -0.457 e. The molecule has 1 heterocycles. The number of benzene rings is 2. The van der Waals surface area contributed by atoms with Crippen LogP contribution in [0.4, 0.5) is 0 Å². The van der Waals surface area contributed by atoms with Gasteiger partial charge in [0.15, 0.2) is 5.96 Å². The van der Waals surface area contributed by atoms with E-state index in [1.807, 2.05) is 67.3 Å². The Bertz CT molecular complexity index is 872. The number of guanidine groups is 1. The average Bonchev–Trinajstić information content (AvgIpc) is 3.21. The molecule has 0 aliphatic carbocycles. The summed E-state index contributed by atoms with van der Waals surface area (Å²) in [6, 6.07) is 16.2. The van der Waals surface area contributed by atoms with Crippen molar-refractivity contribution in [3.8, 4) is 11.5 Å². The smallest absolute Gasteiger partial charge is 0.222 e. The number of rotatable bonds is 6. The van der Waals surface area contributed by atoms with Gasteiger partial charge < -0.3 is 20.3 Å². The Morgan fingerprint density at radius 3 is 2.57 bits per heavy atom. The molecule has 2 aromatic rings. The molecular weight excluding hydrogens is 491 g/mol. The van der Waals surface area contributed by atoms with Crippen LogP contribution in [0.25, 0.3) is 0 Å². The van der Waals surface area contributed by atoms with Gasteiger partial charge in [0.2, 0.25) is 5.91 Å². The lowest BCUT2D eigenvalue weighted by molar-refractivity contribution is -0.129. The Hall–Kier alpha value is -2.29. The normalized spacial score (nSPS) is 16.0. The Balaban J connectivity index is 0.00000320. The average molecular weight is 522 g/mol. The fraction of sp³-hybridized carbons (Fsp3) is 0.391. The Labute approximate surface area is 196 Å². The molecule has 1 saturated heterocycles. The van der Waals surface area contributed by atoms with Crippen LogP contribution in [0.2, 0.25) is 0 Å². The summed E-state index contributed by atoms with van der Waals surface area (Å²) < 4.78 is 6.15. The van der Waals surface area contributed by atoms with Gasteiger partial charge in [-0.05, 0) is 31.0 Å². The molecule has 0 bridgehead atoms. The van der Waals surface area contributed by atoms with Crippen LogP contribution in [-0.4, -0.2) is 42.9 Å². The van der Waals surface area contributed by atoms with Gasteiger partial charge in [0.1, 0.15) is 11.5 Å². The highest BCUT2D eigenvalue weighted by Crippen LogP contribution is 2.27. The number of hydrogen-bond acceptors (Lipinski definition) is 3. The van der Waals surface area contributed by atoms with Gasteiger partial charge in [-0.1, -0.05) is 43.3 Å². The number of carbonyl (C=O) groups excluding carboxylic acids is 1. The molecule has 1 fully saturated rings. The van der Waals surface area contributed by atoms with Crippen LogP contribution in [0.15, 0.2) is 53.5 Å². The van der Waals surface area contributed by atoms with Gasteiger partial charge in [0, 0.05) is 44.7 Å². The molecule has 30 heavy (non-hydrogen) atoms. The van der Waals surface area contributed by atoms with E-state index in [1.165, 1.54) is 0 Å². The number of aliphatic imine (C=N–C) groups is 1. The molecule has 0 spiro atoms. The van der Waals surface area contributed by atoms with Crippen LogP contribution in [0, 0.1) is 6.92 Å². The molecule has 1 amide bonds. The van der Waals surface area contributed by atoms with E-state index in [2.05, 4.69) is 15.6 Å². The highest BCUT2D eigenvalue weighted by atomic mass is 127. The largest absolute Gasteiger partial charge is 0.457 e. The standard InChI is InChI=1S/C23H30N4O2.HI/c1-4-22(28)27-14-13-19(16-27)26-23(24-3)25-15-18-10-6-8-12-21(18)29-20-11-7-5-9-17(20)2;/h5-12,19H,4,13-16H2,1-3H3,(H2,24,25,26);1H. The maximum Gasteiger partial charge on any atom is 0.222 e. The summed E-state index contributed by atoms with van der Waals surface area (Å²) in [6.45, 7) is 6.05. The number of likely N-dealkylation sites (tertiary alicyclic amines) is 1. The van der Waals surface area contributed by atoms with E-state index in [4.69, 9.17) is 4.74 Å². The molecule has 0 radical (unpaired) electrons. The molecule has 1 unspecified atom stereocenters. The minimum absolute atomic E-state index is 0. The molecule has 6 nitrogen and oxygen atoms in total. The van der Waals surface area contributed by atoms with Crippen molar-refractivity contribution < 1.29 is 9.53 Å². The summed E-state index contributed by atoms with van der Waals surface area (Å²) >= 11 is 0. The first-order valence-electron chi connectivity index (χ1n) is 10.2. The van der Waals surface area contributed by atoms with Gasteiger partial charge in [0.05, 0.1) is 0 Å². The Kier molecular flexibility index (Phi) is 9.42. The van der Waals surface area contributed by atoms with E-state index in [0.717, 1.165) is 48.1 Å². The van der Waals surface area contributed by atoms with E-state index in [9.17, 15) is 4.79 Å². The van der Waals surface area contributed by atoms with Crippen molar-refractivity contribution in [3.05, 3.63) is 59.7 Å². The van der Waals surface area contributed by atoms with Gasteiger partial charge in [0.25, 0.3) is 0 Å². The molecule has 162 valence electrons. The molecule has 1 aliphatic heterocycles. The van der Waals surface area contributed by atoms with Crippen LogP contribution in [0.1, 0.15) is 30.9 Å². The number of hydrogen-bond donors (Lipinski definition) is 2. The molecular formula is C23H31IN4O2. The van der Waals surface area contributed by atoms with Crippen molar-refractivity contribution >= 4 is 35.8 Å². The minimum atomic E-state index is 0. The number of carbonyl (C=O) groups is 1. The zero-order chi connectivity index (χ0) is 20.6. The number of halogens is 1. The van der Waals surface area contributed by atoms with E-state index >= 15 is 0 Å². The third-order valence-corrected chi connectivity index (χ3v) is 5.14. The lowest BCUT2D eigenvalue weighted by Gasteiger charge is -2.19. The quantitative estimate of drug-likeness (QED) is 0.341. The lowest BCUT2D eigenvalue weighted by atomic mass is 10.2. The topological polar surface area (TPSA) is 66.0 Å². The monoisotopic (exact) mass is 522 g/mol. The van der Waals surface area contributed by atoms with Crippen molar-refractivity contribution in [2.45, 2.75) is 39.3 Å². The molecule has 7 heteroatoms. The highest BCUT2D eigenvalue weighted by molar-refractivity contribution is 14.0. The van der Waals surface area contributed by atoms with Crippen LogP contribution < -0.4 is 15.4 Å². The number of amides is 1. The predicted molar refractivity (Wildman–Crippen MR) is 132 cm³/mol. The summed E-state index contributed by atoms with van der Waals surface area (Å²) in [6.07, 6.45) is 1.48. The molecule has 3 rings (SSSR count). The van der Waals surface area contributed by atoms with Crippen molar-refractivity contribution in [2.24, 2.45) is 4.99 Å². The lowest BCUT2D eigenvalue weighted by Crippen LogP contribution is -2.44. The first-order valence-corrected chi connectivity index (χ1v) is 10.2. The van der Waals surface area contributed by atoms with Crippen molar-refractivity contribution in [1.29, 1.82) is 0 Å². The second kappa shape index (κ2) is 11.8. The van der Waals surface area contributed by atoms with Gasteiger partial charge in [-0.15, -0.1) is 24.0 Å². The molecule has 1 atom stereocenters. The number of nitrogens with zero attached hydrogens (tertiary/aromatic N) is 2. The Morgan fingerprint density at radius 2 is 1.87 bits per heavy atom. The van der Waals surface area contributed by atoms with Crippen molar-refractivity contribution in [2.75, 3.05) is 20.1 Å². The molecule has 1 aliphatic rings. The van der Waals surface area contributed by atoms with Gasteiger partial charge in [-0.3, -0.25) is 9.79 Å². The van der Waals surface area contributed by atoms with Crippen molar-refractivity contribution in [3.63, 3.8) is 0 Å². The summed E-state index contributed by atoms with van der Waals surface area (Å²) in [4.78, 5) is 18.1. The fourth-order valence-corrected chi connectivity index (χ4v) is 3.43. The summed E-state index contributed by atoms with van der Waals surface area (Å²) in [5.41, 5.74) is 2.15. The zero-order valence-corrected chi connectivity index (χ0v) is 20.2. The van der Waals surface area contributed by atoms with E-state index in [0.29, 0.717) is 13.0 Å². The zero-order valence-electron chi connectivity index (χ0n) is 17.9. The number of aryl methyl sites for hydroxylation is 1. The third-order valence-electron chi connectivity index (χ3n) is 5.14. The molecule has 2 N–H and O–H groups in total. The maximum atomic E-state index is 11.9. The van der Waals surface area contributed by atoms with Crippen LogP contribution in [0.3, 0.4) is 0 Å². The summed E-state index contributed by atoms with van der Waals surface area (Å²) in [5, 5.41) is 6.79. The van der Waals surface area contributed by atoms with Crippen molar-refractivity contribution in [1.82, 2.24) is 15.5 Å². The fourth-order valence-electron chi connectivity index (χ4n) is 3.43. The molecule has 2 aromatic carbocycles. The Morgan fingerprint density at radius 1 is 1.17 bits per heavy atom. The molecule has 0 aromatic heterocycles. The SMILES string of the molecule is CCC(=O)N1CCC(NC(=NC)NCc2ccccc2Oc2ccccc2C)C1.I. The number of ether oxygens (including phenoxy) is 1. The maximum absolute atomic E-state index is 11.9. The predicted octanol–water partition coefficient (Wildman–Crippen LogP) is 4.08. The van der Waals surface area contributed by atoms with Gasteiger partial charge >= 0.3 is 0 Å². The van der Waals surface area contributed by atoms with E-state index < -0.39 is 0 Å². The van der Waals surface area contributed by atoms with Crippen LogP contribution >= 0.6 is 24.0 Å². The second-order valence-corrected chi connectivity index (χ2v) is 7.22. The van der Waals surface area contributed by atoms with Crippen LogP contribution in [0.5, 0.6) is 11.5 Å². The van der Waals surface area contributed by atoms with E-state index in [1.54, 1.807) is 7.05 Å². The van der Waals surface area contributed by atoms with Gasteiger partial charge in [-0.2, -0.15) is 0 Å².